The molecule has 2 heterocycles. The number of nitrogens with one attached hydrogen (secondary N) is 1. The molecule has 0 bridgehead atoms. The van der Waals surface area contributed by atoms with Gasteiger partial charge in [-0.25, -0.2) is 17.9 Å². The molecule has 1 atom stereocenters. The van der Waals surface area contributed by atoms with Crippen LogP contribution >= 0.6 is 0 Å². The van der Waals surface area contributed by atoms with Crippen LogP contribution in [0.3, 0.4) is 0 Å². The molecule has 2 N–H and O–H groups in total. The van der Waals surface area contributed by atoms with Crippen molar-refractivity contribution in [2.75, 3.05) is 32.8 Å². The van der Waals surface area contributed by atoms with Crippen LogP contribution in [0, 0.1) is 0 Å². The molecule has 0 spiro atoms. The predicted octanol–water partition coefficient (Wildman–Crippen LogP) is -0.0232. The van der Waals surface area contributed by atoms with E-state index in [-0.39, 0.29) is 12.6 Å². The highest BCUT2D eigenvalue weighted by Crippen LogP contribution is 2.14. The molecule has 0 radical (unpaired) electrons. The molecule has 1 aliphatic rings. The number of carboxylic acid groups (broad SMARTS) is 1. The molecule has 8 nitrogen and oxygen atoms in total. The van der Waals surface area contributed by atoms with Gasteiger partial charge in [0, 0.05) is 19.6 Å². The van der Waals surface area contributed by atoms with Crippen LogP contribution in [0.2, 0.25) is 0 Å². The second-order valence-corrected chi connectivity index (χ2v) is 6.36. The number of carbonyl (C=O) groups is 1. The number of sulfonamides is 1. The summed E-state index contributed by atoms with van der Waals surface area (Å²) in [4.78, 5) is 12.8. The van der Waals surface area contributed by atoms with E-state index in [4.69, 9.17) is 14.3 Å². The molecule has 0 saturated carbocycles. The van der Waals surface area contributed by atoms with Gasteiger partial charge in [0.1, 0.15) is 0 Å². The number of furan rings is 1. The summed E-state index contributed by atoms with van der Waals surface area (Å²) in [5, 5.41) is 8.31. The third-order valence-electron chi connectivity index (χ3n) is 3.23. The number of nitrogens with zero attached hydrogens (tertiary/aromatic N) is 1. The van der Waals surface area contributed by atoms with Crippen LogP contribution in [-0.4, -0.2) is 63.3 Å². The van der Waals surface area contributed by atoms with Crippen LogP contribution in [0.5, 0.6) is 0 Å². The summed E-state index contributed by atoms with van der Waals surface area (Å²) in [6.07, 6.45) is -0.234. The van der Waals surface area contributed by atoms with E-state index < -0.39 is 26.8 Å². The Morgan fingerprint density at radius 1 is 1.52 bits per heavy atom. The van der Waals surface area contributed by atoms with Gasteiger partial charge in [0.15, 0.2) is 0 Å². The van der Waals surface area contributed by atoms with E-state index in [0.717, 1.165) is 25.2 Å². The minimum Gasteiger partial charge on any atom is -0.475 e. The molecular formula is C12H18N2O6S. The first-order valence-corrected chi connectivity index (χ1v) is 8.07. The first kappa shape index (κ1) is 16.0. The second kappa shape index (κ2) is 6.56. The highest BCUT2D eigenvalue weighted by Gasteiger charge is 2.24. The molecule has 1 aliphatic heterocycles. The van der Waals surface area contributed by atoms with Gasteiger partial charge < -0.3 is 14.3 Å². The monoisotopic (exact) mass is 318 g/mol. The van der Waals surface area contributed by atoms with Gasteiger partial charge in [0.2, 0.25) is 10.9 Å². The highest BCUT2D eigenvalue weighted by molar-refractivity contribution is 7.89. The lowest BCUT2D eigenvalue weighted by atomic mass is 10.3. The van der Waals surface area contributed by atoms with Crippen molar-refractivity contribution in [3.63, 3.8) is 0 Å². The normalized spacial score (nSPS) is 20.5. The molecule has 9 heteroatoms. The molecule has 1 aromatic heterocycles. The number of aromatic carboxylic acids is 1. The van der Waals surface area contributed by atoms with Gasteiger partial charge >= 0.3 is 5.97 Å². The molecule has 0 aromatic carbocycles. The fourth-order valence-electron chi connectivity index (χ4n) is 2.04. The van der Waals surface area contributed by atoms with Crippen LogP contribution in [0.4, 0.5) is 0 Å². The molecule has 1 saturated heterocycles. The third-order valence-corrected chi connectivity index (χ3v) is 4.52. The zero-order valence-electron chi connectivity index (χ0n) is 11.6. The van der Waals surface area contributed by atoms with Crippen molar-refractivity contribution in [1.82, 2.24) is 9.62 Å². The van der Waals surface area contributed by atoms with E-state index in [9.17, 15) is 13.2 Å². The Kier molecular flexibility index (Phi) is 4.99. The number of hydrogen-bond acceptors (Lipinski definition) is 6. The summed E-state index contributed by atoms with van der Waals surface area (Å²) in [6.45, 7) is 5.07. The van der Waals surface area contributed by atoms with Crippen molar-refractivity contribution < 1.29 is 27.5 Å². The van der Waals surface area contributed by atoms with Crippen LogP contribution in [0.25, 0.3) is 0 Å². The van der Waals surface area contributed by atoms with Gasteiger partial charge in [-0.3, -0.25) is 4.90 Å². The van der Waals surface area contributed by atoms with E-state index in [1.165, 1.54) is 0 Å². The molecular weight excluding hydrogens is 300 g/mol. The summed E-state index contributed by atoms with van der Waals surface area (Å²) in [7, 11) is -3.88. The lowest BCUT2D eigenvalue weighted by Gasteiger charge is -2.31. The summed E-state index contributed by atoms with van der Waals surface area (Å²) in [6, 6.07) is 2.22. The lowest BCUT2D eigenvalue weighted by Crippen LogP contribution is -2.47. The molecule has 0 aliphatic carbocycles. The average molecular weight is 318 g/mol. The van der Waals surface area contributed by atoms with Crippen molar-refractivity contribution in [3.05, 3.63) is 17.9 Å². The van der Waals surface area contributed by atoms with E-state index >= 15 is 0 Å². The Hall–Kier alpha value is -1.42. The first-order chi connectivity index (χ1) is 9.92. The summed E-state index contributed by atoms with van der Waals surface area (Å²) < 4.78 is 36.6. The van der Waals surface area contributed by atoms with E-state index in [1.807, 2.05) is 6.92 Å². The van der Waals surface area contributed by atoms with E-state index in [1.54, 1.807) is 0 Å². The fraction of sp³-hybridized carbons (Fsp3) is 0.583. The van der Waals surface area contributed by atoms with Crippen molar-refractivity contribution >= 4 is 16.0 Å². The van der Waals surface area contributed by atoms with Crippen molar-refractivity contribution in [2.45, 2.75) is 18.1 Å². The van der Waals surface area contributed by atoms with E-state index in [0.29, 0.717) is 13.2 Å². The van der Waals surface area contributed by atoms with Gasteiger partial charge in [-0.15, -0.1) is 0 Å². The van der Waals surface area contributed by atoms with Crippen LogP contribution in [0.1, 0.15) is 17.5 Å². The molecule has 118 valence electrons. The largest absolute Gasteiger partial charge is 0.475 e. The summed E-state index contributed by atoms with van der Waals surface area (Å²) >= 11 is 0. The Balaban J connectivity index is 1.96. The number of ether oxygens (including phenoxy) is 1. The van der Waals surface area contributed by atoms with Gasteiger partial charge in [0.25, 0.3) is 10.0 Å². The predicted molar refractivity (Wildman–Crippen MR) is 72.7 cm³/mol. The number of morpholine rings is 1. The second-order valence-electron chi connectivity index (χ2n) is 4.66. The SMILES string of the molecule is CCN1CCOC(CNS(=O)(=O)c2ccc(C(=O)O)o2)C1. The molecule has 1 unspecified atom stereocenters. The molecule has 0 amide bonds. The zero-order chi connectivity index (χ0) is 15.5. The molecule has 1 fully saturated rings. The minimum atomic E-state index is -3.88. The van der Waals surface area contributed by atoms with Crippen LogP contribution in [0.15, 0.2) is 21.6 Å². The quantitative estimate of drug-likeness (QED) is 0.758. The maximum atomic E-state index is 12.0. The Morgan fingerprint density at radius 3 is 2.90 bits per heavy atom. The van der Waals surface area contributed by atoms with Crippen molar-refractivity contribution in [2.24, 2.45) is 0 Å². The molecule has 2 rings (SSSR count). The van der Waals surface area contributed by atoms with Gasteiger partial charge in [-0.05, 0) is 18.7 Å². The fourth-order valence-corrected chi connectivity index (χ4v) is 3.04. The average Bonchev–Trinajstić information content (AvgIpc) is 2.96. The Labute approximate surface area is 122 Å². The summed E-state index contributed by atoms with van der Waals surface area (Å²) in [5.74, 6) is -1.73. The first-order valence-electron chi connectivity index (χ1n) is 6.59. The van der Waals surface area contributed by atoms with Gasteiger partial charge in [0.05, 0.1) is 12.7 Å². The number of likely N-dealkylation sites (N-methyl/N-ethyl adjacent to an activating group) is 1. The Morgan fingerprint density at radius 2 is 2.29 bits per heavy atom. The smallest absolute Gasteiger partial charge is 0.371 e. The van der Waals surface area contributed by atoms with E-state index in [2.05, 4.69) is 9.62 Å². The van der Waals surface area contributed by atoms with Crippen molar-refractivity contribution in [3.8, 4) is 0 Å². The number of carboxylic acids is 1. The standard InChI is InChI=1S/C12H18N2O6S/c1-2-14-5-6-19-9(8-14)7-13-21(17,18)11-4-3-10(20-11)12(15)16/h3-4,9,13H,2,5-8H2,1H3,(H,15,16). The van der Waals surface area contributed by atoms with Gasteiger partial charge in [-0.1, -0.05) is 6.92 Å². The minimum absolute atomic E-state index is 0.113. The van der Waals surface area contributed by atoms with Crippen LogP contribution < -0.4 is 4.72 Å². The Bertz CT molecular complexity index is 597. The number of rotatable bonds is 6. The lowest BCUT2D eigenvalue weighted by molar-refractivity contribution is -0.0229. The number of hydrogen-bond donors (Lipinski definition) is 2. The maximum Gasteiger partial charge on any atom is 0.371 e. The topological polar surface area (TPSA) is 109 Å². The molecule has 21 heavy (non-hydrogen) atoms. The van der Waals surface area contributed by atoms with Crippen molar-refractivity contribution in [1.29, 1.82) is 0 Å². The third kappa shape index (κ3) is 4.03. The maximum absolute atomic E-state index is 12.0. The molecule has 1 aromatic rings. The summed E-state index contributed by atoms with van der Waals surface area (Å²) in [5.41, 5.74) is 0. The zero-order valence-corrected chi connectivity index (χ0v) is 12.4. The van der Waals surface area contributed by atoms with Crippen LogP contribution in [-0.2, 0) is 14.8 Å². The highest BCUT2D eigenvalue weighted by atomic mass is 32.2. The van der Waals surface area contributed by atoms with Gasteiger partial charge in [-0.2, -0.15) is 0 Å².